The van der Waals surface area contributed by atoms with E-state index in [2.05, 4.69) is 22.3 Å². The number of rotatable bonds is 4. The van der Waals surface area contributed by atoms with Crippen molar-refractivity contribution in [1.29, 1.82) is 0 Å². The molecule has 1 saturated heterocycles. The van der Waals surface area contributed by atoms with Gasteiger partial charge in [0, 0.05) is 25.2 Å². The molecule has 2 aliphatic carbocycles. The largest absolute Gasteiger partial charge is 0.351 e. The van der Waals surface area contributed by atoms with Crippen LogP contribution in [-0.4, -0.2) is 36.0 Å². The van der Waals surface area contributed by atoms with Crippen molar-refractivity contribution in [1.82, 2.24) is 10.2 Å². The van der Waals surface area contributed by atoms with Gasteiger partial charge in [-0.25, -0.2) is 0 Å². The minimum Gasteiger partial charge on any atom is -0.351 e. The number of hydrogen-bond donors (Lipinski definition) is 1. The molecule has 3 fully saturated rings. The fraction of sp³-hybridized carbons (Fsp3) is 0.588. The van der Waals surface area contributed by atoms with Crippen LogP contribution in [0.4, 0.5) is 0 Å². The zero-order valence-corrected chi connectivity index (χ0v) is 11.8. The summed E-state index contributed by atoms with van der Waals surface area (Å²) in [6.45, 7) is 2.22. The fourth-order valence-electron chi connectivity index (χ4n) is 3.53. The predicted molar refractivity (Wildman–Crippen MR) is 78.5 cm³/mol. The fourth-order valence-corrected chi connectivity index (χ4v) is 3.53. The summed E-state index contributed by atoms with van der Waals surface area (Å²) in [5.41, 5.74) is 0.975. The molecule has 3 nitrogen and oxygen atoms in total. The number of likely N-dealkylation sites (tertiary alicyclic amines) is 1. The topological polar surface area (TPSA) is 32.3 Å². The maximum atomic E-state index is 12.6. The third-order valence-corrected chi connectivity index (χ3v) is 5.13. The van der Waals surface area contributed by atoms with E-state index in [-0.39, 0.29) is 11.3 Å². The highest BCUT2D eigenvalue weighted by atomic mass is 16.2. The first-order valence-corrected chi connectivity index (χ1v) is 7.88. The molecule has 106 valence electrons. The lowest BCUT2D eigenvalue weighted by Gasteiger charge is -2.20. The third-order valence-electron chi connectivity index (χ3n) is 5.13. The van der Waals surface area contributed by atoms with Crippen molar-refractivity contribution in [3.63, 3.8) is 0 Å². The maximum Gasteiger partial charge on any atom is 0.230 e. The van der Waals surface area contributed by atoms with Crippen LogP contribution < -0.4 is 5.32 Å². The molecular weight excluding hydrogens is 248 g/mol. The summed E-state index contributed by atoms with van der Waals surface area (Å²) < 4.78 is 0. The molecule has 0 aromatic heterocycles. The van der Waals surface area contributed by atoms with Crippen molar-refractivity contribution in [2.24, 2.45) is 0 Å². The van der Waals surface area contributed by atoms with Crippen molar-refractivity contribution in [2.45, 2.75) is 49.6 Å². The molecule has 0 radical (unpaired) electrons. The van der Waals surface area contributed by atoms with Crippen molar-refractivity contribution < 1.29 is 4.79 Å². The van der Waals surface area contributed by atoms with Gasteiger partial charge in [-0.3, -0.25) is 9.69 Å². The van der Waals surface area contributed by atoms with Crippen LogP contribution in [0, 0.1) is 0 Å². The van der Waals surface area contributed by atoms with Crippen LogP contribution in [0.1, 0.15) is 37.7 Å². The number of carbonyl (C=O) groups excluding carboxylic acids is 1. The van der Waals surface area contributed by atoms with Crippen molar-refractivity contribution in [3.05, 3.63) is 35.9 Å². The highest BCUT2D eigenvalue weighted by Gasteiger charge is 2.51. The van der Waals surface area contributed by atoms with E-state index in [1.165, 1.54) is 18.4 Å². The predicted octanol–water partition coefficient (Wildman–Crippen LogP) is 2.07. The lowest BCUT2D eigenvalue weighted by atomic mass is 9.94. The Bertz CT molecular complexity index is 505. The molecule has 1 aromatic rings. The monoisotopic (exact) mass is 270 g/mol. The van der Waals surface area contributed by atoms with Gasteiger partial charge in [-0.05, 0) is 37.7 Å². The van der Waals surface area contributed by atoms with Gasteiger partial charge < -0.3 is 5.32 Å². The molecule has 0 spiro atoms. The van der Waals surface area contributed by atoms with Gasteiger partial charge in [0.2, 0.25) is 5.91 Å². The number of carbonyl (C=O) groups is 1. The number of benzene rings is 1. The Kier molecular flexibility index (Phi) is 2.84. The second kappa shape index (κ2) is 4.59. The molecule has 4 rings (SSSR count). The molecule has 1 amide bonds. The molecule has 3 heteroatoms. The molecule has 1 N–H and O–H groups in total. The Morgan fingerprint density at radius 1 is 1.15 bits per heavy atom. The number of nitrogens with zero attached hydrogens (tertiary/aromatic N) is 1. The Morgan fingerprint density at radius 2 is 1.90 bits per heavy atom. The summed E-state index contributed by atoms with van der Waals surface area (Å²) >= 11 is 0. The highest BCUT2D eigenvalue weighted by molar-refractivity contribution is 5.91. The standard InChI is InChI=1S/C17H22N2O/c20-16(17(9-10-17)13-4-2-1-3-5-13)18-14-8-11-19(12-14)15-6-7-15/h1-5,14-15H,6-12H2,(H,18,20)/t14-/m1/s1. The zero-order valence-electron chi connectivity index (χ0n) is 11.8. The summed E-state index contributed by atoms with van der Waals surface area (Å²) in [4.78, 5) is 15.2. The molecule has 1 aliphatic heterocycles. The molecule has 1 atom stereocenters. The molecule has 20 heavy (non-hydrogen) atoms. The van der Waals surface area contributed by atoms with Crippen molar-refractivity contribution in [2.75, 3.05) is 13.1 Å². The van der Waals surface area contributed by atoms with Gasteiger partial charge in [0.25, 0.3) is 0 Å². The Morgan fingerprint density at radius 3 is 2.55 bits per heavy atom. The minimum absolute atomic E-state index is 0.214. The SMILES string of the molecule is O=C(N[C@@H]1CCN(C2CC2)C1)C1(c2ccccc2)CC1. The molecule has 0 bridgehead atoms. The summed E-state index contributed by atoms with van der Waals surface area (Å²) in [5.74, 6) is 0.256. The van der Waals surface area contributed by atoms with E-state index in [9.17, 15) is 4.79 Å². The van der Waals surface area contributed by atoms with E-state index in [0.29, 0.717) is 6.04 Å². The second-order valence-corrected chi connectivity index (χ2v) is 6.63. The van der Waals surface area contributed by atoms with Gasteiger partial charge >= 0.3 is 0 Å². The van der Waals surface area contributed by atoms with Gasteiger partial charge in [-0.1, -0.05) is 30.3 Å². The number of nitrogens with one attached hydrogen (secondary N) is 1. The van der Waals surface area contributed by atoms with Crippen molar-refractivity contribution in [3.8, 4) is 0 Å². The maximum absolute atomic E-state index is 12.6. The van der Waals surface area contributed by atoms with Crippen LogP contribution in [0.5, 0.6) is 0 Å². The van der Waals surface area contributed by atoms with E-state index in [1.54, 1.807) is 0 Å². The minimum atomic E-state index is -0.214. The Hall–Kier alpha value is -1.35. The molecule has 1 aromatic carbocycles. The first kappa shape index (κ1) is 12.4. The van der Waals surface area contributed by atoms with Gasteiger partial charge in [0.1, 0.15) is 0 Å². The molecule has 0 unspecified atom stereocenters. The van der Waals surface area contributed by atoms with Crippen LogP contribution in [0.15, 0.2) is 30.3 Å². The van der Waals surface area contributed by atoms with Gasteiger partial charge in [0.15, 0.2) is 0 Å². The van der Waals surface area contributed by atoms with E-state index in [1.807, 2.05) is 18.2 Å². The Labute approximate surface area is 120 Å². The number of amides is 1. The molecular formula is C17H22N2O. The van der Waals surface area contributed by atoms with Gasteiger partial charge in [-0.15, -0.1) is 0 Å². The summed E-state index contributed by atoms with van der Waals surface area (Å²) in [5, 5.41) is 3.31. The second-order valence-electron chi connectivity index (χ2n) is 6.63. The normalized spacial score (nSPS) is 28.3. The van der Waals surface area contributed by atoms with Crippen LogP contribution in [0.25, 0.3) is 0 Å². The average molecular weight is 270 g/mol. The van der Waals surface area contributed by atoms with Crippen LogP contribution in [0.2, 0.25) is 0 Å². The van der Waals surface area contributed by atoms with Crippen LogP contribution >= 0.6 is 0 Å². The zero-order chi connectivity index (χ0) is 13.6. The smallest absolute Gasteiger partial charge is 0.230 e. The van der Waals surface area contributed by atoms with E-state index in [4.69, 9.17) is 0 Å². The highest BCUT2D eigenvalue weighted by Crippen LogP contribution is 2.48. The Balaban J connectivity index is 1.41. The number of hydrogen-bond acceptors (Lipinski definition) is 2. The van der Waals surface area contributed by atoms with Gasteiger partial charge in [-0.2, -0.15) is 0 Å². The first-order chi connectivity index (χ1) is 9.78. The van der Waals surface area contributed by atoms with Gasteiger partial charge in [0.05, 0.1) is 5.41 Å². The third kappa shape index (κ3) is 2.14. The molecule has 3 aliphatic rings. The summed E-state index contributed by atoms with van der Waals surface area (Å²) in [6, 6.07) is 11.5. The molecule has 1 heterocycles. The van der Waals surface area contributed by atoms with Crippen LogP contribution in [-0.2, 0) is 10.2 Å². The lowest BCUT2D eigenvalue weighted by molar-refractivity contribution is -0.124. The summed E-state index contributed by atoms with van der Waals surface area (Å²) in [6.07, 6.45) is 5.83. The van der Waals surface area contributed by atoms with Crippen molar-refractivity contribution >= 4 is 5.91 Å². The average Bonchev–Trinajstić information content (AvgIpc) is 3.39. The van der Waals surface area contributed by atoms with Crippen LogP contribution in [0.3, 0.4) is 0 Å². The molecule has 2 saturated carbocycles. The van der Waals surface area contributed by atoms with E-state index in [0.717, 1.165) is 38.4 Å². The lowest BCUT2D eigenvalue weighted by Crippen LogP contribution is -2.43. The van der Waals surface area contributed by atoms with E-state index >= 15 is 0 Å². The first-order valence-electron chi connectivity index (χ1n) is 7.88. The summed E-state index contributed by atoms with van der Waals surface area (Å²) in [7, 11) is 0. The quantitative estimate of drug-likeness (QED) is 0.908. The van der Waals surface area contributed by atoms with E-state index < -0.39 is 0 Å².